The Bertz CT molecular complexity index is 603. The maximum Gasteiger partial charge on any atom is 0.319 e. The third kappa shape index (κ3) is 2.09. The van der Waals surface area contributed by atoms with E-state index in [1.807, 2.05) is 0 Å². The lowest BCUT2D eigenvalue weighted by atomic mass is 9.81. The van der Waals surface area contributed by atoms with E-state index in [9.17, 15) is 18.4 Å². The van der Waals surface area contributed by atoms with E-state index in [4.69, 9.17) is 9.47 Å². The van der Waals surface area contributed by atoms with Crippen LogP contribution in [0.2, 0.25) is 0 Å². The molecule has 0 aliphatic carbocycles. The molecule has 2 fully saturated rings. The lowest BCUT2D eigenvalue weighted by Gasteiger charge is -2.24. The molecule has 2 aliphatic heterocycles. The van der Waals surface area contributed by atoms with Gasteiger partial charge < -0.3 is 14.4 Å². The van der Waals surface area contributed by atoms with Gasteiger partial charge in [-0.1, -0.05) is 0 Å². The predicted molar refractivity (Wildman–Crippen MR) is 70.3 cm³/mol. The Morgan fingerprint density at radius 1 is 1.50 bits per heavy atom. The summed E-state index contributed by atoms with van der Waals surface area (Å²) in [4.78, 5) is 26.0. The van der Waals surface area contributed by atoms with E-state index >= 15 is 0 Å². The highest BCUT2D eigenvalue weighted by atomic mass is 19.3. The third-order valence-electron chi connectivity index (χ3n) is 4.46. The minimum absolute atomic E-state index is 0.0871. The zero-order chi connectivity index (χ0) is 15.9. The number of hydrogen-bond donors (Lipinski definition) is 0. The molecule has 22 heavy (non-hydrogen) atoms. The van der Waals surface area contributed by atoms with Gasteiger partial charge in [-0.3, -0.25) is 14.2 Å². The fraction of sp³-hybridized carbons (Fsp3) is 0.571. The Hall–Kier alpha value is -1.96. The summed E-state index contributed by atoms with van der Waals surface area (Å²) in [5.74, 6) is -1.10. The molecule has 0 spiro atoms. The Kier molecular flexibility index (Phi) is 3.64. The molecule has 1 amide bonds. The lowest BCUT2D eigenvalue weighted by Crippen LogP contribution is -2.41. The molecule has 0 saturated carbocycles. The molecule has 2 aliphatic rings. The number of methoxy groups -OCH3 is 1. The minimum Gasteiger partial charge on any atom is -0.468 e. The first-order valence-electron chi connectivity index (χ1n) is 6.90. The van der Waals surface area contributed by atoms with Crippen molar-refractivity contribution in [2.45, 2.75) is 6.55 Å². The number of halogens is 2. The van der Waals surface area contributed by atoms with Crippen molar-refractivity contribution < 1.29 is 27.8 Å². The molecule has 2 atom stereocenters. The second-order valence-electron chi connectivity index (χ2n) is 5.62. The SMILES string of the molecule is COC(=O)[C@@]12COC[C@@H]1CN(C(=O)c1cccn1C(F)F)C2. The molecule has 3 heterocycles. The second kappa shape index (κ2) is 5.35. The first kappa shape index (κ1) is 15.0. The van der Waals surface area contributed by atoms with Crippen LogP contribution < -0.4 is 0 Å². The maximum absolute atomic E-state index is 12.9. The molecule has 6 nitrogen and oxygen atoms in total. The number of aromatic nitrogens is 1. The summed E-state index contributed by atoms with van der Waals surface area (Å²) in [6.45, 7) is -1.83. The van der Waals surface area contributed by atoms with Crippen molar-refractivity contribution >= 4 is 11.9 Å². The number of esters is 1. The summed E-state index contributed by atoms with van der Waals surface area (Å²) < 4.78 is 36.6. The first-order valence-corrected chi connectivity index (χ1v) is 6.90. The smallest absolute Gasteiger partial charge is 0.319 e. The highest BCUT2D eigenvalue weighted by Gasteiger charge is 2.57. The van der Waals surface area contributed by atoms with E-state index < -0.39 is 23.8 Å². The van der Waals surface area contributed by atoms with Crippen LogP contribution in [0.25, 0.3) is 0 Å². The van der Waals surface area contributed by atoms with Crippen LogP contribution in [-0.2, 0) is 14.3 Å². The molecular formula is C14H16F2N2O4. The van der Waals surface area contributed by atoms with Gasteiger partial charge in [0.25, 0.3) is 5.91 Å². The monoisotopic (exact) mass is 314 g/mol. The summed E-state index contributed by atoms with van der Waals surface area (Å²) in [6.07, 6.45) is 1.16. The van der Waals surface area contributed by atoms with Crippen LogP contribution >= 0.6 is 0 Å². The van der Waals surface area contributed by atoms with Crippen molar-refractivity contribution in [1.82, 2.24) is 9.47 Å². The Morgan fingerprint density at radius 3 is 2.95 bits per heavy atom. The van der Waals surface area contributed by atoms with Gasteiger partial charge in [0.05, 0.1) is 20.3 Å². The van der Waals surface area contributed by atoms with Gasteiger partial charge in [-0.2, -0.15) is 8.78 Å². The highest BCUT2D eigenvalue weighted by Crippen LogP contribution is 2.42. The van der Waals surface area contributed by atoms with E-state index in [0.29, 0.717) is 17.7 Å². The number of carbonyl (C=O) groups is 2. The molecule has 0 radical (unpaired) electrons. The predicted octanol–water partition coefficient (Wildman–Crippen LogP) is 1.14. The highest BCUT2D eigenvalue weighted by molar-refractivity contribution is 5.94. The normalized spacial score (nSPS) is 27.3. The zero-order valence-corrected chi connectivity index (χ0v) is 12.0. The molecule has 0 bridgehead atoms. The Balaban J connectivity index is 1.84. The van der Waals surface area contributed by atoms with Crippen LogP contribution in [0.3, 0.4) is 0 Å². The molecule has 8 heteroatoms. The van der Waals surface area contributed by atoms with Crippen LogP contribution in [0, 0.1) is 11.3 Å². The lowest BCUT2D eigenvalue weighted by molar-refractivity contribution is -0.153. The number of amides is 1. The molecule has 1 aromatic heterocycles. The van der Waals surface area contributed by atoms with Gasteiger partial charge in [0.1, 0.15) is 11.1 Å². The minimum atomic E-state index is -2.78. The van der Waals surface area contributed by atoms with Crippen molar-refractivity contribution in [3.63, 3.8) is 0 Å². The molecule has 120 valence electrons. The molecule has 1 aromatic rings. The van der Waals surface area contributed by atoms with Crippen molar-refractivity contribution in [3.8, 4) is 0 Å². The van der Waals surface area contributed by atoms with Gasteiger partial charge >= 0.3 is 12.5 Å². The standard InChI is InChI=1S/C14H16F2N2O4/c1-21-12(20)14-7-17(5-9(14)6-22-8-14)11(19)10-3-2-4-18(10)13(15)16/h2-4,9,13H,5-8H2,1H3/t9-,14-/m0/s1. The summed E-state index contributed by atoms with van der Waals surface area (Å²) in [5.41, 5.74) is -0.969. The number of ether oxygens (including phenoxy) is 2. The van der Waals surface area contributed by atoms with Crippen molar-refractivity contribution in [2.75, 3.05) is 33.4 Å². The van der Waals surface area contributed by atoms with E-state index in [2.05, 4.69) is 0 Å². The van der Waals surface area contributed by atoms with Gasteiger partial charge in [0.2, 0.25) is 0 Å². The quantitative estimate of drug-likeness (QED) is 0.785. The van der Waals surface area contributed by atoms with Gasteiger partial charge in [0, 0.05) is 25.2 Å². The molecule has 0 N–H and O–H groups in total. The third-order valence-corrected chi connectivity index (χ3v) is 4.46. The second-order valence-corrected chi connectivity index (χ2v) is 5.62. The molecule has 3 rings (SSSR count). The molecule has 0 aromatic carbocycles. The van der Waals surface area contributed by atoms with E-state index in [-0.39, 0.29) is 24.8 Å². The fourth-order valence-corrected chi connectivity index (χ4v) is 3.29. The Morgan fingerprint density at radius 2 is 2.27 bits per heavy atom. The van der Waals surface area contributed by atoms with Gasteiger partial charge in [-0.05, 0) is 12.1 Å². The maximum atomic E-state index is 12.9. The van der Waals surface area contributed by atoms with Crippen molar-refractivity contribution in [3.05, 3.63) is 24.0 Å². The van der Waals surface area contributed by atoms with E-state index in [1.54, 1.807) is 0 Å². The molecular weight excluding hydrogens is 298 g/mol. The zero-order valence-electron chi connectivity index (χ0n) is 12.0. The molecule has 0 unspecified atom stereocenters. The number of hydrogen-bond acceptors (Lipinski definition) is 4. The van der Waals surface area contributed by atoms with Crippen LogP contribution in [-0.4, -0.2) is 54.8 Å². The van der Waals surface area contributed by atoms with Crippen molar-refractivity contribution in [1.29, 1.82) is 0 Å². The van der Waals surface area contributed by atoms with E-state index in [1.165, 1.54) is 24.1 Å². The molecule has 2 saturated heterocycles. The van der Waals surface area contributed by atoms with Gasteiger partial charge in [0.15, 0.2) is 0 Å². The summed E-state index contributed by atoms with van der Waals surface area (Å²) in [5, 5.41) is 0. The van der Waals surface area contributed by atoms with Crippen LogP contribution in [0.5, 0.6) is 0 Å². The number of alkyl halides is 2. The summed E-state index contributed by atoms with van der Waals surface area (Å²) >= 11 is 0. The largest absolute Gasteiger partial charge is 0.468 e. The number of likely N-dealkylation sites (tertiary alicyclic amines) is 1. The van der Waals surface area contributed by atoms with Crippen LogP contribution in [0.15, 0.2) is 18.3 Å². The summed E-state index contributed by atoms with van der Waals surface area (Å²) in [6, 6.07) is 2.75. The topological polar surface area (TPSA) is 60.8 Å². The summed E-state index contributed by atoms with van der Waals surface area (Å²) in [7, 11) is 1.29. The fourth-order valence-electron chi connectivity index (χ4n) is 3.29. The van der Waals surface area contributed by atoms with Crippen molar-refractivity contribution in [2.24, 2.45) is 11.3 Å². The van der Waals surface area contributed by atoms with Crippen LogP contribution in [0.1, 0.15) is 17.0 Å². The first-order chi connectivity index (χ1) is 10.5. The number of carbonyl (C=O) groups excluding carboxylic acids is 2. The van der Waals surface area contributed by atoms with E-state index in [0.717, 1.165) is 6.20 Å². The number of nitrogens with zero attached hydrogens (tertiary/aromatic N) is 2. The van der Waals surface area contributed by atoms with Gasteiger partial charge in [-0.25, -0.2) is 0 Å². The number of fused-ring (bicyclic) bond motifs is 1. The van der Waals surface area contributed by atoms with Crippen LogP contribution in [0.4, 0.5) is 8.78 Å². The van der Waals surface area contributed by atoms with Gasteiger partial charge in [-0.15, -0.1) is 0 Å². The average molecular weight is 314 g/mol. The Labute approximate surface area is 125 Å². The average Bonchev–Trinajstić information content (AvgIpc) is 3.18. The number of rotatable bonds is 3.